The van der Waals surface area contributed by atoms with Gasteiger partial charge in [-0.05, 0) is 67.5 Å². The van der Waals surface area contributed by atoms with Crippen LogP contribution in [0.15, 0.2) is 26.8 Å². The van der Waals surface area contributed by atoms with E-state index in [0.717, 1.165) is 11.3 Å². The van der Waals surface area contributed by atoms with Crippen LogP contribution < -0.4 is 15.2 Å². The summed E-state index contributed by atoms with van der Waals surface area (Å²) in [5.41, 5.74) is 0.929. The molecule has 2 amide bonds. The summed E-state index contributed by atoms with van der Waals surface area (Å²) in [5.74, 6) is -0.298. The number of anilines is 1. The van der Waals surface area contributed by atoms with E-state index in [0.29, 0.717) is 27.3 Å². The molecule has 1 heterocycles. The maximum absolute atomic E-state index is 13.1. The molecule has 1 aromatic heterocycles. The third-order valence-electron chi connectivity index (χ3n) is 4.83. The van der Waals surface area contributed by atoms with Crippen LogP contribution in [0.2, 0.25) is 0 Å². The molecule has 0 aliphatic rings. The Morgan fingerprint density at radius 2 is 1.70 bits per heavy atom. The lowest BCUT2D eigenvalue weighted by Gasteiger charge is -2.21. The second kappa shape index (κ2) is 10.0. The highest BCUT2D eigenvalue weighted by atomic mass is 32.2. The maximum Gasteiger partial charge on any atom is 0.387 e. The van der Waals surface area contributed by atoms with Crippen molar-refractivity contribution in [1.82, 2.24) is 0 Å². The van der Waals surface area contributed by atoms with Crippen LogP contribution in [0.5, 0.6) is 5.75 Å². The van der Waals surface area contributed by atoms with Crippen molar-refractivity contribution in [3.8, 4) is 5.75 Å². The molecule has 2 aromatic rings. The summed E-state index contributed by atoms with van der Waals surface area (Å²) < 4.78 is 47.2. The van der Waals surface area contributed by atoms with Gasteiger partial charge in [0.15, 0.2) is 9.92 Å². The molecular formula is C22H31F2N3O4S2. The molecule has 11 heteroatoms. The first-order valence-electron chi connectivity index (χ1n) is 10.3. The summed E-state index contributed by atoms with van der Waals surface area (Å²) in [6, 6.07) is 3.62. The SMILES string of the molecule is Cc1cc(C(C)(C)O)sc1S(N)(=O)=NC(=O)Nc1c(C(C)C)cc(OC(F)F)cc1C(C)C. The second-order valence-corrected chi connectivity index (χ2v) is 11.9. The van der Waals surface area contributed by atoms with Gasteiger partial charge in [0.1, 0.15) is 9.96 Å². The molecule has 1 atom stereocenters. The zero-order chi connectivity index (χ0) is 25.3. The number of aryl methyl sites for hydroxylation is 1. The van der Waals surface area contributed by atoms with E-state index < -0.39 is 28.2 Å². The van der Waals surface area contributed by atoms with Crippen molar-refractivity contribution in [3.05, 3.63) is 39.8 Å². The molecule has 1 aromatic carbocycles. The van der Waals surface area contributed by atoms with Crippen molar-refractivity contribution in [2.45, 2.75) is 76.7 Å². The van der Waals surface area contributed by atoms with Crippen LogP contribution in [-0.4, -0.2) is 22.0 Å². The van der Waals surface area contributed by atoms with E-state index in [2.05, 4.69) is 14.4 Å². The largest absolute Gasteiger partial charge is 0.435 e. The Labute approximate surface area is 197 Å². The molecule has 1 unspecified atom stereocenters. The lowest BCUT2D eigenvalue weighted by atomic mass is 9.92. The van der Waals surface area contributed by atoms with Gasteiger partial charge in [-0.2, -0.15) is 8.78 Å². The molecule has 0 saturated carbocycles. The van der Waals surface area contributed by atoms with E-state index in [1.54, 1.807) is 26.8 Å². The Balaban J connectivity index is 2.52. The molecule has 0 spiro atoms. The van der Waals surface area contributed by atoms with Crippen LogP contribution in [0.4, 0.5) is 19.3 Å². The number of nitrogens with zero attached hydrogens (tertiary/aromatic N) is 1. The van der Waals surface area contributed by atoms with E-state index in [1.165, 1.54) is 12.1 Å². The monoisotopic (exact) mass is 503 g/mol. The fraction of sp³-hybridized carbons (Fsp3) is 0.500. The van der Waals surface area contributed by atoms with E-state index in [4.69, 9.17) is 5.14 Å². The van der Waals surface area contributed by atoms with Gasteiger partial charge in [-0.25, -0.2) is 14.1 Å². The highest BCUT2D eigenvalue weighted by Gasteiger charge is 2.25. The minimum Gasteiger partial charge on any atom is -0.435 e. The first-order valence-corrected chi connectivity index (χ1v) is 12.7. The number of amides is 2. The molecular weight excluding hydrogens is 472 g/mol. The Morgan fingerprint density at radius 3 is 2.09 bits per heavy atom. The summed E-state index contributed by atoms with van der Waals surface area (Å²) in [5, 5.41) is 18.8. The van der Waals surface area contributed by atoms with Gasteiger partial charge in [-0.3, -0.25) is 0 Å². The van der Waals surface area contributed by atoms with Gasteiger partial charge in [0.25, 0.3) is 0 Å². The molecule has 33 heavy (non-hydrogen) atoms. The smallest absolute Gasteiger partial charge is 0.387 e. The normalized spacial score (nSPS) is 14.0. The number of nitrogens with one attached hydrogen (secondary N) is 1. The average molecular weight is 504 g/mol. The van der Waals surface area contributed by atoms with Gasteiger partial charge < -0.3 is 15.2 Å². The molecule has 4 N–H and O–H groups in total. The lowest BCUT2D eigenvalue weighted by molar-refractivity contribution is -0.0499. The number of alkyl halides is 2. The van der Waals surface area contributed by atoms with Gasteiger partial charge >= 0.3 is 12.6 Å². The van der Waals surface area contributed by atoms with Gasteiger partial charge in [0.05, 0.1) is 5.60 Å². The number of thiophene rings is 1. The predicted octanol–water partition coefficient (Wildman–Crippen LogP) is 6.06. The zero-order valence-corrected chi connectivity index (χ0v) is 21.4. The van der Waals surface area contributed by atoms with Crippen LogP contribution in [0.25, 0.3) is 0 Å². The average Bonchev–Trinajstić information content (AvgIpc) is 3.04. The lowest BCUT2D eigenvalue weighted by Crippen LogP contribution is -2.19. The van der Waals surface area contributed by atoms with Crippen molar-refractivity contribution in [2.24, 2.45) is 9.50 Å². The Hall–Kier alpha value is -2.08. The highest BCUT2D eigenvalue weighted by molar-refractivity contribution is 7.93. The third kappa shape index (κ3) is 6.72. The number of halogens is 2. The van der Waals surface area contributed by atoms with Crippen molar-refractivity contribution in [3.63, 3.8) is 0 Å². The van der Waals surface area contributed by atoms with Crippen LogP contribution in [0, 0.1) is 6.92 Å². The number of hydrogen-bond acceptors (Lipinski definition) is 5. The van der Waals surface area contributed by atoms with Crippen LogP contribution in [0.1, 0.15) is 74.9 Å². The summed E-state index contributed by atoms with van der Waals surface area (Å²) >= 11 is 1.03. The molecule has 0 radical (unpaired) electrons. The van der Waals surface area contributed by atoms with Crippen LogP contribution in [-0.2, 0) is 15.5 Å². The molecule has 184 valence electrons. The fourth-order valence-corrected chi connectivity index (χ4v) is 5.90. The second-order valence-electron chi connectivity index (χ2n) is 8.89. The number of ether oxygens (including phenoxy) is 1. The Kier molecular flexibility index (Phi) is 8.27. The quantitative estimate of drug-likeness (QED) is 0.426. The molecule has 0 bridgehead atoms. The standard InChI is InChI=1S/C22H31F2N3O4S2/c1-11(2)15-9-14(31-20(23)24)10-16(12(3)4)18(15)26-21(28)27-33(25,30)19-13(5)8-17(32-19)22(6,7)29/h8-12,20,29H,1-7H3,(H3,25,26,27,28,30). The Bertz CT molecular complexity index is 1120. The molecule has 0 fully saturated rings. The topological polar surface area (TPSA) is 114 Å². The number of aliphatic hydroxyl groups is 1. The minimum atomic E-state index is -3.59. The van der Waals surface area contributed by atoms with Crippen LogP contribution >= 0.6 is 11.3 Å². The fourth-order valence-electron chi connectivity index (χ4n) is 3.24. The highest BCUT2D eigenvalue weighted by Crippen LogP contribution is 2.37. The van der Waals surface area contributed by atoms with Gasteiger partial charge in [-0.15, -0.1) is 15.7 Å². The predicted molar refractivity (Wildman–Crippen MR) is 128 cm³/mol. The number of rotatable bonds is 7. The molecule has 2 rings (SSSR count). The minimum absolute atomic E-state index is 0.0108. The number of nitrogens with two attached hydrogens (primary N) is 1. The van der Waals surface area contributed by atoms with Crippen molar-refractivity contribution >= 4 is 33.0 Å². The summed E-state index contributed by atoms with van der Waals surface area (Å²) in [6.07, 6.45) is 0. The Morgan fingerprint density at radius 1 is 1.18 bits per heavy atom. The number of carbonyl (C=O) groups excluding carboxylic acids is 1. The van der Waals surface area contributed by atoms with Gasteiger partial charge in [0, 0.05) is 10.6 Å². The first-order chi connectivity index (χ1) is 15.0. The number of carbonyl (C=O) groups is 1. The summed E-state index contributed by atoms with van der Waals surface area (Å²) in [4.78, 5) is 13.3. The van der Waals surface area contributed by atoms with Gasteiger partial charge in [0.2, 0.25) is 0 Å². The first kappa shape index (κ1) is 27.2. The van der Waals surface area contributed by atoms with E-state index in [1.807, 2.05) is 27.7 Å². The molecule has 7 nitrogen and oxygen atoms in total. The molecule has 0 aliphatic carbocycles. The maximum atomic E-state index is 13.1. The van der Waals surface area contributed by atoms with Crippen molar-refractivity contribution < 1.29 is 27.6 Å². The van der Waals surface area contributed by atoms with E-state index in [-0.39, 0.29) is 21.8 Å². The molecule has 0 saturated heterocycles. The van der Waals surface area contributed by atoms with E-state index >= 15 is 0 Å². The summed E-state index contributed by atoms with van der Waals surface area (Å²) in [6.45, 7) is 9.25. The molecule has 0 aliphatic heterocycles. The number of urea groups is 1. The van der Waals surface area contributed by atoms with Crippen molar-refractivity contribution in [2.75, 3.05) is 5.32 Å². The van der Waals surface area contributed by atoms with Crippen LogP contribution in [0.3, 0.4) is 0 Å². The number of hydrogen-bond donors (Lipinski definition) is 3. The third-order valence-corrected chi connectivity index (χ3v) is 8.43. The van der Waals surface area contributed by atoms with Crippen molar-refractivity contribution in [1.29, 1.82) is 0 Å². The van der Waals surface area contributed by atoms with Gasteiger partial charge in [-0.1, -0.05) is 27.7 Å². The number of benzene rings is 1. The zero-order valence-electron chi connectivity index (χ0n) is 19.7. The van der Waals surface area contributed by atoms with E-state index in [9.17, 15) is 22.9 Å². The summed E-state index contributed by atoms with van der Waals surface area (Å²) in [7, 11) is -3.59.